The minimum Gasteiger partial charge on any atom is -0.478 e. The molecule has 1 rings (SSSR count). The molecule has 0 aliphatic carbocycles. The topological polar surface area (TPSA) is 95.2 Å². The first kappa shape index (κ1) is 15.5. The fourth-order valence-corrected chi connectivity index (χ4v) is 3.70. The molecule has 0 aliphatic heterocycles. The molecular formula is C12H12ClNO4S. The number of sulfone groups is 1. The Bertz CT molecular complexity index is 661. The third-order valence-corrected chi connectivity index (χ3v) is 5.19. The summed E-state index contributed by atoms with van der Waals surface area (Å²) in [5, 5.41) is 16.7. The number of halogens is 1. The van der Waals surface area contributed by atoms with Crippen molar-refractivity contribution in [2.45, 2.75) is 30.4 Å². The van der Waals surface area contributed by atoms with Crippen LogP contribution in [0, 0.1) is 18.3 Å². The van der Waals surface area contributed by atoms with Crippen LogP contribution in [0.15, 0.2) is 17.0 Å². The van der Waals surface area contributed by atoms with Crippen LogP contribution in [-0.2, 0) is 9.84 Å². The lowest BCUT2D eigenvalue weighted by Gasteiger charge is -2.13. The van der Waals surface area contributed by atoms with Crippen molar-refractivity contribution in [1.29, 1.82) is 5.26 Å². The number of aromatic carboxylic acids is 1. The van der Waals surface area contributed by atoms with Gasteiger partial charge in [0.05, 0.1) is 16.5 Å². The highest BCUT2D eigenvalue weighted by Gasteiger charge is 2.29. The van der Waals surface area contributed by atoms with Gasteiger partial charge in [-0.1, -0.05) is 18.5 Å². The summed E-state index contributed by atoms with van der Waals surface area (Å²) >= 11 is 5.75. The van der Waals surface area contributed by atoms with Crippen LogP contribution in [0.5, 0.6) is 0 Å². The van der Waals surface area contributed by atoms with Crippen molar-refractivity contribution in [2.24, 2.45) is 0 Å². The summed E-state index contributed by atoms with van der Waals surface area (Å²) in [7, 11) is -3.92. The molecule has 0 aromatic heterocycles. The van der Waals surface area contributed by atoms with E-state index in [1.807, 2.05) is 0 Å². The number of carboxylic acid groups (broad SMARTS) is 1. The molecule has 0 saturated carbocycles. The van der Waals surface area contributed by atoms with E-state index in [0.29, 0.717) is 0 Å². The van der Waals surface area contributed by atoms with Gasteiger partial charge in [0.15, 0.2) is 15.1 Å². The predicted octanol–water partition coefficient (Wildman–Crippen LogP) is 2.42. The quantitative estimate of drug-likeness (QED) is 0.921. The number of carbonyl (C=O) groups is 1. The minimum absolute atomic E-state index is 0.00867. The van der Waals surface area contributed by atoms with E-state index in [4.69, 9.17) is 22.0 Å². The number of carboxylic acids is 1. The van der Waals surface area contributed by atoms with Crippen molar-refractivity contribution in [3.63, 3.8) is 0 Å². The Hall–Kier alpha value is -1.58. The smallest absolute Gasteiger partial charge is 0.336 e. The van der Waals surface area contributed by atoms with Crippen molar-refractivity contribution in [3.8, 4) is 6.07 Å². The number of nitriles is 1. The summed E-state index contributed by atoms with van der Waals surface area (Å²) < 4.78 is 24.5. The van der Waals surface area contributed by atoms with Gasteiger partial charge in [-0.15, -0.1) is 0 Å². The fraction of sp³-hybridized carbons (Fsp3) is 0.333. The van der Waals surface area contributed by atoms with Crippen molar-refractivity contribution in [2.75, 3.05) is 0 Å². The molecule has 0 amide bonds. The first-order valence-electron chi connectivity index (χ1n) is 5.42. The van der Waals surface area contributed by atoms with E-state index in [-0.39, 0.29) is 27.5 Å². The Morgan fingerprint density at radius 2 is 2.11 bits per heavy atom. The van der Waals surface area contributed by atoms with E-state index in [9.17, 15) is 13.2 Å². The zero-order valence-electron chi connectivity index (χ0n) is 10.3. The first-order chi connectivity index (χ1) is 8.75. The van der Waals surface area contributed by atoms with E-state index in [2.05, 4.69) is 0 Å². The maximum Gasteiger partial charge on any atom is 0.336 e. The number of hydrogen-bond donors (Lipinski definition) is 1. The van der Waals surface area contributed by atoms with E-state index in [1.54, 1.807) is 13.0 Å². The molecule has 0 fully saturated rings. The van der Waals surface area contributed by atoms with Crippen molar-refractivity contribution >= 4 is 27.4 Å². The number of benzene rings is 1. The van der Waals surface area contributed by atoms with Crippen LogP contribution in [0.2, 0.25) is 5.02 Å². The SMILES string of the molecule is CCC(C#N)S(=O)(=O)c1cc(Cl)cc(C(=O)O)c1C. The molecule has 102 valence electrons. The van der Waals surface area contributed by atoms with E-state index in [1.165, 1.54) is 19.1 Å². The van der Waals surface area contributed by atoms with Gasteiger partial charge in [0.1, 0.15) is 0 Å². The first-order valence-corrected chi connectivity index (χ1v) is 7.35. The van der Waals surface area contributed by atoms with E-state index in [0.717, 1.165) is 0 Å². The molecular weight excluding hydrogens is 290 g/mol. The van der Waals surface area contributed by atoms with Crippen LogP contribution in [-0.4, -0.2) is 24.7 Å². The van der Waals surface area contributed by atoms with Crippen LogP contribution < -0.4 is 0 Å². The Labute approximate surface area is 116 Å². The second-order valence-corrected chi connectivity index (χ2v) is 6.49. The highest BCUT2D eigenvalue weighted by atomic mass is 35.5. The Balaban J connectivity index is 3.61. The highest BCUT2D eigenvalue weighted by molar-refractivity contribution is 7.92. The van der Waals surface area contributed by atoms with Crippen LogP contribution in [0.1, 0.15) is 29.3 Å². The van der Waals surface area contributed by atoms with Gasteiger partial charge in [-0.2, -0.15) is 5.26 Å². The lowest BCUT2D eigenvalue weighted by Crippen LogP contribution is -2.20. The molecule has 0 radical (unpaired) electrons. The van der Waals surface area contributed by atoms with Gasteiger partial charge in [-0.25, -0.2) is 13.2 Å². The maximum atomic E-state index is 12.3. The zero-order valence-corrected chi connectivity index (χ0v) is 11.9. The Morgan fingerprint density at radius 1 is 1.53 bits per heavy atom. The van der Waals surface area contributed by atoms with Crippen molar-refractivity contribution in [3.05, 3.63) is 28.3 Å². The van der Waals surface area contributed by atoms with Gasteiger partial charge in [-0.05, 0) is 31.0 Å². The molecule has 0 bridgehead atoms. The second-order valence-electron chi connectivity index (χ2n) is 3.95. The molecule has 5 nitrogen and oxygen atoms in total. The molecule has 0 saturated heterocycles. The van der Waals surface area contributed by atoms with Crippen LogP contribution in [0.3, 0.4) is 0 Å². The lowest BCUT2D eigenvalue weighted by atomic mass is 10.1. The van der Waals surface area contributed by atoms with Gasteiger partial charge in [0, 0.05) is 5.02 Å². The summed E-state index contributed by atoms with van der Waals surface area (Å²) in [6.45, 7) is 2.96. The number of nitrogens with zero attached hydrogens (tertiary/aromatic N) is 1. The number of hydrogen-bond acceptors (Lipinski definition) is 4. The monoisotopic (exact) mass is 301 g/mol. The van der Waals surface area contributed by atoms with Gasteiger partial charge >= 0.3 is 5.97 Å². The van der Waals surface area contributed by atoms with Crippen LogP contribution in [0.25, 0.3) is 0 Å². The average Bonchev–Trinajstić information content (AvgIpc) is 2.32. The van der Waals surface area contributed by atoms with Gasteiger partial charge < -0.3 is 5.11 Å². The third-order valence-electron chi connectivity index (χ3n) is 2.75. The molecule has 0 aliphatic rings. The minimum atomic E-state index is -3.92. The van der Waals surface area contributed by atoms with Gasteiger partial charge in [-0.3, -0.25) is 0 Å². The highest BCUT2D eigenvalue weighted by Crippen LogP contribution is 2.28. The molecule has 1 atom stereocenters. The third kappa shape index (κ3) is 2.88. The summed E-state index contributed by atoms with van der Waals surface area (Å²) in [5.74, 6) is -1.26. The largest absolute Gasteiger partial charge is 0.478 e. The van der Waals surface area contributed by atoms with Gasteiger partial charge in [0.2, 0.25) is 0 Å². The van der Waals surface area contributed by atoms with Crippen molar-refractivity contribution in [1.82, 2.24) is 0 Å². The summed E-state index contributed by atoms with van der Waals surface area (Å²) in [6, 6.07) is 4.07. The number of rotatable bonds is 4. The molecule has 0 spiro atoms. The molecule has 0 heterocycles. The Kier molecular flexibility index (Phi) is 4.56. The Morgan fingerprint density at radius 3 is 2.53 bits per heavy atom. The average molecular weight is 302 g/mol. The summed E-state index contributed by atoms with van der Waals surface area (Å²) in [6.07, 6.45) is 0.118. The molecule has 1 unspecified atom stereocenters. The molecule has 1 N–H and O–H groups in total. The fourth-order valence-electron chi connectivity index (χ4n) is 1.71. The molecule has 1 aromatic rings. The van der Waals surface area contributed by atoms with Crippen LogP contribution in [0.4, 0.5) is 0 Å². The molecule has 1 aromatic carbocycles. The van der Waals surface area contributed by atoms with E-state index < -0.39 is 21.1 Å². The van der Waals surface area contributed by atoms with Gasteiger partial charge in [0.25, 0.3) is 0 Å². The second kappa shape index (κ2) is 5.59. The summed E-state index contributed by atoms with van der Waals surface area (Å²) in [4.78, 5) is 10.8. The molecule has 19 heavy (non-hydrogen) atoms. The predicted molar refractivity (Wildman–Crippen MR) is 70.0 cm³/mol. The molecule has 7 heteroatoms. The van der Waals surface area contributed by atoms with E-state index >= 15 is 0 Å². The maximum absolute atomic E-state index is 12.3. The normalized spacial score (nSPS) is 12.7. The van der Waals surface area contributed by atoms with Crippen LogP contribution >= 0.6 is 11.6 Å². The lowest BCUT2D eigenvalue weighted by molar-refractivity contribution is 0.0696. The summed E-state index contributed by atoms with van der Waals surface area (Å²) in [5.41, 5.74) is -0.0931. The zero-order chi connectivity index (χ0) is 14.8. The standard InChI is InChI=1S/C12H12ClNO4S/c1-3-9(6-14)19(17,18)11-5-8(13)4-10(7(11)2)12(15)16/h4-5,9H,3H2,1-2H3,(H,15,16). The van der Waals surface area contributed by atoms with Crippen molar-refractivity contribution < 1.29 is 18.3 Å².